The maximum absolute atomic E-state index is 13.3. The Morgan fingerprint density at radius 2 is 1.71 bits per heavy atom. The molecule has 0 radical (unpaired) electrons. The van der Waals surface area contributed by atoms with Crippen molar-refractivity contribution in [2.45, 2.75) is 44.9 Å². The molecule has 1 N–H and O–H groups in total. The summed E-state index contributed by atoms with van der Waals surface area (Å²) in [5.41, 5.74) is -1.70. The normalized spacial score (nSPS) is 13.7. The van der Waals surface area contributed by atoms with E-state index in [1.165, 1.54) is 24.3 Å². The van der Waals surface area contributed by atoms with Crippen LogP contribution in [0.15, 0.2) is 57.7 Å². The number of alkyl halides is 3. The molecular weight excluding hydrogens is 369 g/mol. The van der Waals surface area contributed by atoms with Crippen molar-refractivity contribution in [1.82, 2.24) is 0 Å². The van der Waals surface area contributed by atoms with Gasteiger partial charge in [0.25, 0.3) is 0 Å². The van der Waals surface area contributed by atoms with Crippen molar-refractivity contribution in [3.63, 3.8) is 0 Å². The van der Waals surface area contributed by atoms with Crippen LogP contribution in [0.25, 0.3) is 22.1 Å². The Balaban J connectivity index is 2.09. The third kappa shape index (κ3) is 4.28. The van der Waals surface area contributed by atoms with Gasteiger partial charge < -0.3 is 9.52 Å². The molecular formula is C22H21F3O3. The third-order valence-corrected chi connectivity index (χ3v) is 4.66. The number of aliphatic hydroxyl groups is 1. The van der Waals surface area contributed by atoms with Gasteiger partial charge in [0.1, 0.15) is 5.58 Å². The molecule has 0 aliphatic rings. The van der Waals surface area contributed by atoms with Crippen molar-refractivity contribution in [2.24, 2.45) is 0 Å². The highest BCUT2D eigenvalue weighted by Gasteiger charge is 2.34. The van der Waals surface area contributed by atoms with Crippen molar-refractivity contribution in [3.05, 3.63) is 70.1 Å². The van der Waals surface area contributed by atoms with E-state index >= 15 is 0 Å². The molecule has 0 aliphatic carbocycles. The van der Waals surface area contributed by atoms with E-state index in [0.29, 0.717) is 17.4 Å². The summed E-state index contributed by atoms with van der Waals surface area (Å²) >= 11 is 0. The predicted octanol–water partition coefficient (Wildman–Crippen LogP) is 5.74. The van der Waals surface area contributed by atoms with Crippen LogP contribution in [0.2, 0.25) is 0 Å². The fraction of sp³-hybridized carbons (Fsp3) is 0.318. The topological polar surface area (TPSA) is 50.4 Å². The van der Waals surface area contributed by atoms with E-state index in [0.717, 1.165) is 11.6 Å². The van der Waals surface area contributed by atoms with Gasteiger partial charge in [-0.15, -0.1) is 0 Å². The first-order valence-electron chi connectivity index (χ1n) is 8.92. The number of hydrogen-bond acceptors (Lipinski definition) is 3. The molecule has 28 heavy (non-hydrogen) atoms. The first-order valence-corrected chi connectivity index (χ1v) is 8.92. The molecule has 1 heterocycles. The summed E-state index contributed by atoms with van der Waals surface area (Å²) in [7, 11) is 0. The predicted molar refractivity (Wildman–Crippen MR) is 102 cm³/mol. The average Bonchev–Trinajstić information content (AvgIpc) is 2.58. The van der Waals surface area contributed by atoms with Crippen LogP contribution < -0.4 is 5.63 Å². The lowest BCUT2D eigenvalue weighted by atomic mass is 9.89. The van der Waals surface area contributed by atoms with E-state index < -0.39 is 23.0 Å². The number of hydrogen-bond donors (Lipinski definition) is 1. The molecule has 0 amide bonds. The molecule has 0 saturated heterocycles. The molecule has 3 nitrogen and oxygen atoms in total. The Hall–Kier alpha value is -2.60. The van der Waals surface area contributed by atoms with Gasteiger partial charge in [-0.3, -0.25) is 0 Å². The molecule has 3 rings (SSSR count). The zero-order chi connectivity index (χ0) is 20.7. The lowest BCUT2D eigenvalue weighted by molar-refractivity contribution is -0.137. The number of halogens is 3. The van der Waals surface area contributed by atoms with Crippen LogP contribution in [-0.4, -0.2) is 10.7 Å². The lowest BCUT2D eigenvalue weighted by Gasteiger charge is -2.22. The summed E-state index contributed by atoms with van der Waals surface area (Å²) in [4.78, 5) is 12.4. The zero-order valence-electron chi connectivity index (χ0n) is 15.8. The van der Waals surface area contributed by atoms with Crippen LogP contribution in [0.5, 0.6) is 0 Å². The SMILES string of the molecule is CC(CC(C)(C)O)c1ccc2cc(-c3ccccc3C(F)(F)F)c(=O)oc2c1. The van der Waals surface area contributed by atoms with E-state index in [-0.39, 0.29) is 17.0 Å². The Kier molecular flexibility index (Phi) is 5.10. The molecule has 0 saturated carbocycles. The maximum Gasteiger partial charge on any atom is 0.417 e. The third-order valence-electron chi connectivity index (χ3n) is 4.66. The van der Waals surface area contributed by atoms with Crippen LogP contribution in [0, 0.1) is 0 Å². The number of benzene rings is 2. The molecule has 0 aliphatic heterocycles. The molecule has 3 aromatic rings. The summed E-state index contributed by atoms with van der Waals surface area (Å²) in [6, 6.07) is 11.6. The highest BCUT2D eigenvalue weighted by atomic mass is 19.4. The van der Waals surface area contributed by atoms with E-state index in [2.05, 4.69) is 0 Å². The molecule has 6 heteroatoms. The fourth-order valence-corrected chi connectivity index (χ4v) is 3.45. The van der Waals surface area contributed by atoms with Crippen molar-refractivity contribution in [2.75, 3.05) is 0 Å². The van der Waals surface area contributed by atoms with Gasteiger partial charge >= 0.3 is 11.8 Å². The van der Waals surface area contributed by atoms with Crippen molar-refractivity contribution in [1.29, 1.82) is 0 Å². The summed E-state index contributed by atoms with van der Waals surface area (Å²) in [6.45, 7) is 5.38. The van der Waals surface area contributed by atoms with Crippen LogP contribution in [0.4, 0.5) is 13.2 Å². The van der Waals surface area contributed by atoms with Gasteiger partial charge in [0, 0.05) is 10.9 Å². The van der Waals surface area contributed by atoms with Gasteiger partial charge in [-0.25, -0.2) is 4.79 Å². The van der Waals surface area contributed by atoms with Gasteiger partial charge in [0.15, 0.2) is 0 Å². The van der Waals surface area contributed by atoms with Gasteiger partial charge in [0.05, 0.1) is 16.7 Å². The van der Waals surface area contributed by atoms with Crippen molar-refractivity contribution >= 4 is 11.0 Å². The standard InChI is InChI=1S/C22H21F3O3/c1-13(12-21(2,3)27)14-8-9-15-10-17(20(26)28-19(15)11-14)16-6-4-5-7-18(16)22(23,24)25/h4-11,13,27H,12H2,1-3H3. The van der Waals surface area contributed by atoms with Crippen LogP contribution in [-0.2, 0) is 6.18 Å². The van der Waals surface area contributed by atoms with E-state index in [1.807, 2.05) is 13.0 Å². The summed E-state index contributed by atoms with van der Waals surface area (Å²) in [6.07, 6.45) is -4.06. The monoisotopic (exact) mass is 390 g/mol. The largest absolute Gasteiger partial charge is 0.422 e. The fourth-order valence-electron chi connectivity index (χ4n) is 3.45. The highest BCUT2D eigenvalue weighted by Crippen LogP contribution is 2.37. The minimum Gasteiger partial charge on any atom is -0.422 e. The Bertz CT molecular complexity index is 1060. The molecule has 0 spiro atoms. The van der Waals surface area contributed by atoms with Crippen molar-refractivity contribution in [3.8, 4) is 11.1 Å². The van der Waals surface area contributed by atoms with Gasteiger partial charge in [-0.2, -0.15) is 13.2 Å². The molecule has 0 fully saturated rings. The quantitative estimate of drug-likeness (QED) is 0.578. The van der Waals surface area contributed by atoms with Crippen LogP contribution in [0.3, 0.4) is 0 Å². The highest BCUT2D eigenvalue weighted by molar-refractivity contribution is 5.83. The lowest BCUT2D eigenvalue weighted by Crippen LogP contribution is -2.21. The summed E-state index contributed by atoms with van der Waals surface area (Å²) in [5.74, 6) is 0.0142. The molecule has 1 aromatic heterocycles. The Morgan fingerprint density at radius 1 is 1.04 bits per heavy atom. The molecule has 1 unspecified atom stereocenters. The molecule has 0 bridgehead atoms. The first kappa shape index (κ1) is 20.1. The maximum atomic E-state index is 13.3. The number of rotatable bonds is 4. The number of fused-ring (bicyclic) bond motifs is 1. The zero-order valence-corrected chi connectivity index (χ0v) is 15.8. The van der Waals surface area contributed by atoms with E-state index in [1.54, 1.807) is 26.0 Å². The summed E-state index contributed by atoms with van der Waals surface area (Å²) in [5, 5.41) is 10.5. The van der Waals surface area contributed by atoms with Gasteiger partial charge in [-0.1, -0.05) is 37.3 Å². The average molecular weight is 390 g/mol. The molecule has 148 valence electrons. The molecule has 1 atom stereocenters. The van der Waals surface area contributed by atoms with E-state index in [4.69, 9.17) is 4.42 Å². The van der Waals surface area contributed by atoms with Crippen molar-refractivity contribution < 1.29 is 22.7 Å². The molecule has 2 aromatic carbocycles. The van der Waals surface area contributed by atoms with E-state index in [9.17, 15) is 23.1 Å². The second-order valence-electron chi connectivity index (χ2n) is 7.71. The smallest absolute Gasteiger partial charge is 0.417 e. The first-order chi connectivity index (χ1) is 13.0. The summed E-state index contributed by atoms with van der Waals surface area (Å²) < 4.78 is 45.3. The minimum atomic E-state index is -4.58. The minimum absolute atomic E-state index is 0.0142. The van der Waals surface area contributed by atoms with Gasteiger partial charge in [0.2, 0.25) is 0 Å². The van der Waals surface area contributed by atoms with Gasteiger partial charge in [-0.05, 0) is 49.9 Å². The van der Waals surface area contributed by atoms with Crippen LogP contribution in [0.1, 0.15) is 44.2 Å². The second-order valence-corrected chi connectivity index (χ2v) is 7.71. The van der Waals surface area contributed by atoms with Crippen LogP contribution >= 0.6 is 0 Å². The Morgan fingerprint density at radius 3 is 2.36 bits per heavy atom. The second kappa shape index (κ2) is 7.09. The Labute approximate surface area is 160 Å².